The minimum atomic E-state index is -0.730. The van der Waals surface area contributed by atoms with Gasteiger partial charge in [0.2, 0.25) is 0 Å². The van der Waals surface area contributed by atoms with Gasteiger partial charge in [0.1, 0.15) is 16.7 Å². The predicted molar refractivity (Wildman–Crippen MR) is 78.1 cm³/mol. The second-order valence-electron chi connectivity index (χ2n) is 3.91. The first-order valence-corrected chi connectivity index (χ1v) is 6.99. The second-order valence-corrected chi connectivity index (χ2v) is 5.26. The van der Waals surface area contributed by atoms with E-state index in [1.54, 1.807) is 35.7 Å². The fourth-order valence-corrected chi connectivity index (χ4v) is 2.55. The van der Waals surface area contributed by atoms with E-state index in [9.17, 15) is 10.1 Å². The van der Waals surface area contributed by atoms with Crippen LogP contribution in [0.15, 0.2) is 35.7 Å². The van der Waals surface area contributed by atoms with Gasteiger partial charge in [0, 0.05) is 5.02 Å². The minimum Gasteiger partial charge on any atom is -0.495 e. The molecule has 1 heterocycles. The van der Waals surface area contributed by atoms with Gasteiger partial charge < -0.3 is 10.1 Å². The van der Waals surface area contributed by atoms with Gasteiger partial charge >= 0.3 is 0 Å². The Bertz CT molecular complexity index is 646. The molecule has 1 aromatic carbocycles. The highest BCUT2D eigenvalue weighted by atomic mass is 35.5. The Labute approximate surface area is 125 Å². The van der Waals surface area contributed by atoms with E-state index in [1.165, 1.54) is 18.4 Å². The molecule has 0 aliphatic heterocycles. The summed E-state index contributed by atoms with van der Waals surface area (Å²) >= 11 is 7.07. The Hall–Kier alpha value is -2.03. The first-order valence-electron chi connectivity index (χ1n) is 5.73. The van der Waals surface area contributed by atoms with Gasteiger partial charge in [0.25, 0.3) is 5.91 Å². The summed E-state index contributed by atoms with van der Waals surface area (Å²) in [4.78, 5) is 12.6. The molecule has 4 nitrogen and oxygen atoms in total. The molecule has 0 radical (unpaired) electrons. The largest absolute Gasteiger partial charge is 0.495 e. The van der Waals surface area contributed by atoms with E-state index in [4.69, 9.17) is 16.3 Å². The van der Waals surface area contributed by atoms with Crippen LogP contribution in [-0.2, 0) is 0 Å². The molecule has 0 aliphatic carbocycles. The van der Waals surface area contributed by atoms with Gasteiger partial charge in [-0.05, 0) is 29.1 Å². The second kappa shape index (κ2) is 6.42. The highest BCUT2D eigenvalue weighted by molar-refractivity contribution is 7.12. The lowest BCUT2D eigenvalue weighted by molar-refractivity contribution is 0.0946. The van der Waals surface area contributed by atoms with Crippen LogP contribution in [-0.4, -0.2) is 13.0 Å². The minimum absolute atomic E-state index is 0.335. The third kappa shape index (κ3) is 3.10. The van der Waals surface area contributed by atoms with Gasteiger partial charge in [-0.15, -0.1) is 11.3 Å². The number of carbonyl (C=O) groups is 1. The quantitative estimate of drug-likeness (QED) is 0.941. The molecule has 0 aliphatic rings. The van der Waals surface area contributed by atoms with Crippen molar-refractivity contribution in [3.8, 4) is 11.8 Å². The van der Waals surface area contributed by atoms with Crippen molar-refractivity contribution in [3.63, 3.8) is 0 Å². The monoisotopic (exact) mass is 306 g/mol. The maximum Gasteiger partial charge on any atom is 0.266 e. The van der Waals surface area contributed by atoms with Crippen LogP contribution in [0.4, 0.5) is 0 Å². The van der Waals surface area contributed by atoms with Gasteiger partial charge in [-0.2, -0.15) is 5.26 Å². The Kier molecular flexibility index (Phi) is 4.61. The molecule has 0 fully saturated rings. The number of nitrogens with one attached hydrogen (secondary N) is 1. The number of nitrogens with zero attached hydrogens (tertiary/aromatic N) is 1. The van der Waals surface area contributed by atoms with E-state index < -0.39 is 6.04 Å². The van der Waals surface area contributed by atoms with Gasteiger partial charge in [-0.1, -0.05) is 23.7 Å². The zero-order valence-electron chi connectivity index (χ0n) is 10.6. The van der Waals surface area contributed by atoms with Gasteiger partial charge in [0.05, 0.1) is 13.2 Å². The zero-order chi connectivity index (χ0) is 14.5. The molecule has 20 heavy (non-hydrogen) atoms. The third-order valence-corrected chi connectivity index (χ3v) is 3.81. The number of rotatable bonds is 4. The van der Waals surface area contributed by atoms with Crippen LogP contribution in [0.1, 0.15) is 21.3 Å². The molecule has 2 aromatic rings. The molecule has 102 valence electrons. The topological polar surface area (TPSA) is 62.1 Å². The molecule has 0 spiro atoms. The number of thiophene rings is 1. The molecular formula is C14H11ClN2O2S. The van der Waals surface area contributed by atoms with Crippen LogP contribution in [0.3, 0.4) is 0 Å². The van der Waals surface area contributed by atoms with Crippen LogP contribution >= 0.6 is 22.9 Å². The van der Waals surface area contributed by atoms with Crippen molar-refractivity contribution < 1.29 is 9.53 Å². The van der Waals surface area contributed by atoms with Crippen LogP contribution in [0.25, 0.3) is 0 Å². The Morgan fingerprint density at radius 2 is 2.10 bits per heavy atom. The summed E-state index contributed by atoms with van der Waals surface area (Å²) in [6.07, 6.45) is 0. The van der Waals surface area contributed by atoms with Crippen molar-refractivity contribution >= 4 is 28.8 Å². The number of carbonyl (C=O) groups excluding carboxylic acids is 1. The number of amides is 1. The molecule has 0 unspecified atom stereocenters. The molecule has 6 heteroatoms. The summed E-state index contributed by atoms with van der Waals surface area (Å²) in [7, 11) is 1.50. The van der Waals surface area contributed by atoms with Crippen LogP contribution in [0, 0.1) is 11.3 Å². The van der Waals surface area contributed by atoms with Crippen molar-refractivity contribution in [2.75, 3.05) is 7.11 Å². The summed E-state index contributed by atoms with van der Waals surface area (Å²) in [5, 5.41) is 14.2. The Morgan fingerprint density at radius 1 is 1.40 bits per heavy atom. The van der Waals surface area contributed by atoms with Crippen molar-refractivity contribution in [3.05, 3.63) is 51.2 Å². The smallest absolute Gasteiger partial charge is 0.266 e. The first kappa shape index (κ1) is 14.4. The number of hydrogen-bond donors (Lipinski definition) is 1. The van der Waals surface area contributed by atoms with Crippen molar-refractivity contribution in [1.29, 1.82) is 5.26 Å². The number of ether oxygens (including phenoxy) is 1. The lowest BCUT2D eigenvalue weighted by Crippen LogP contribution is -2.27. The van der Waals surface area contributed by atoms with Gasteiger partial charge in [0.15, 0.2) is 0 Å². The van der Waals surface area contributed by atoms with Gasteiger partial charge in [-0.25, -0.2) is 0 Å². The van der Waals surface area contributed by atoms with Crippen LogP contribution in [0.2, 0.25) is 5.02 Å². The average Bonchev–Trinajstić information content (AvgIpc) is 2.94. The molecule has 1 atom stereocenters. The first-order chi connectivity index (χ1) is 9.65. The van der Waals surface area contributed by atoms with Crippen molar-refractivity contribution in [1.82, 2.24) is 5.32 Å². The van der Waals surface area contributed by atoms with Crippen molar-refractivity contribution in [2.45, 2.75) is 6.04 Å². The van der Waals surface area contributed by atoms with E-state index in [0.29, 0.717) is 21.2 Å². The highest BCUT2D eigenvalue weighted by Gasteiger charge is 2.19. The molecule has 0 saturated heterocycles. The lowest BCUT2D eigenvalue weighted by Gasteiger charge is -2.12. The van der Waals surface area contributed by atoms with E-state index in [0.717, 1.165) is 0 Å². The summed E-state index contributed by atoms with van der Waals surface area (Å²) < 4.78 is 5.09. The summed E-state index contributed by atoms with van der Waals surface area (Å²) in [6, 6.07) is 9.82. The molecular weight excluding hydrogens is 296 g/mol. The normalized spacial score (nSPS) is 11.4. The van der Waals surface area contributed by atoms with E-state index in [1.807, 2.05) is 0 Å². The number of methoxy groups -OCH3 is 1. The molecule has 1 N–H and O–H groups in total. The maximum atomic E-state index is 12.1. The maximum absolute atomic E-state index is 12.1. The third-order valence-electron chi connectivity index (χ3n) is 2.66. The molecule has 1 amide bonds. The van der Waals surface area contributed by atoms with E-state index >= 15 is 0 Å². The van der Waals surface area contributed by atoms with Crippen LogP contribution in [0.5, 0.6) is 5.75 Å². The summed E-state index contributed by atoms with van der Waals surface area (Å²) in [5.74, 6) is 0.165. The fraction of sp³-hybridized carbons (Fsp3) is 0.143. The fourth-order valence-electron chi connectivity index (χ4n) is 1.67. The number of benzene rings is 1. The highest BCUT2D eigenvalue weighted by Crippen LogP contribution is 2.25. The number of halogens is 1. The molecule has 1 aromatic heterocycles. The summed E-state index contributed by atoms with van der Waals surface area (Å²) in [5.41, 5.74) is 0.681. The predicted octanol–water partition coefficient (Wildman–Crippen LogP) is 3.40. The van der Waals surface area contributed by atoms with Crippen LogP contribution < -0.4 is 10.1 Å². The number of nitriles is 1. The molecule has 0 saturated carbocycles. The van der Waals surface area contributed by atoms with Crippen molar-refractivity contribution in [2.24, 2.45) is 0 Å². The Morgan fingerprint density at radius 3 is 2.70 bits per heavy atom. The zero-order valence-corrected chi connectivity index (χ0v) is 12.2. The molecule has 0 bridgehead atoms. The molecule has 2 rings (SSSR count). The summed E-state index contributed by atoms with van der Waals surface area (Å²) in [6.45, 7) is 0. The lowest BCUT2D eigenvalue weighted by atomic mass is 10.1. The standard InChI is InChI=1S/C14H11ClN2O2S/c1-19-12-6-7-20-13(12)14(18)17-11(8-16)9-2-4-10(15)5-3-9/h2-7,11H,1H3,(H,17,18)/t11-/m0/s1. The average molecular weight is 307 g/mol. The Balaban J connectivity index is 2.17. The SMILES string of the molecule is COc1ccsc1C(=O)N[C@@H](C#N)c1ccc(Cl)cc1. The number of hydrogen-bond acceptors (Lipinski definition) is 4. The van der Waals surface area contributed by atoms with E-state index in [2.05, 4.69) is 11.4 Å². The van der Waals surface area contributed by atoms with E-state index in [-0.39, 0.29) is 5.91 Å². The van der Waals surface area contributed by atoms with Gasteiger partial charge in [-0.3, -0.25) is 4.79 Å².